The topological polar surface area (TPSA) is 83.6 Å². The van der Waals surface area contributed by atoms with Gasteiger partial charge in [-0.2, -0.15) is 0 Å². The molecule has 5 nitrogen and oxygen atoms in total. The van der Waals surface area contributed by atoms with Crippen LogP contribution in [0, 0.1) is 5.41 Å². The van der Waals surface area contributed by atoms with Crippen molar-refractivity contribution in [1.82, 2.24) is 4.90 Å². The quantitative estimate of drug-likeness (QED) is 0.874. The SMILES string of the molecule is NC(=O)C1(O)CCCN(C(=O)C2(Cc3ccccc3Cl)CC2)C1. The third kappa shape index (κ3) is 3.08. The molecule has 0 aromatic heterocycles. The summed E-state index contributed by atoms with van der Waals surface area (Å²) in [5.74, 6) is -0.761. The lowest BCUT2D eigenvalue weighted by molar-refractivity contribution is -0.152. The minimum atomic E-state index is -1.60. The summed E-state index contributed by atoms with van der Waals surface area (Å²) in [6.45, 7) is 0.546. The fourth-order valence-corrected chi connectivity index (χ4v) is 3.57. The van der Waals surface area contributed by atoms with Crippen molar-refractivity contribution in [1.29, 1.82) is 0 Å². The first-order valence-corrected chi connectivity index (χ1v) is 8.29. The van der Waals surface area contributed by atoms with E-state index in [9.17, 15) is 14.7 Å². The Morgan fingerprint density at radius 3 is 2.57 bits per heavy atom. The average Bonchev–Trinajstić information content (AvgIpc) is 3.30. The molecule has 1 atom stereocenters. The molecular formula is C17H21ClN2O3. The average molecular weight is 337 g/mol. The van der Waals surface area contributed by atoms with Crippen molar-refractivity contribution in [2.24, 2.45) is 11.1 Å². The molecule has 0 radical (unpaired) electrons. The van der Waals surface area contributed by atoms with Gasteiger partial charge in [0.2, 0.25) is 5.91 Å². The van der Waals surface area contributed by atoms with Crippen LogP contribution in [-0.2, 0) is 16.0 Å². The second kappa shape index (κ2) is 5.80. The van der Waals surface area contributed by atoms with E-state index in [0.29, 0.717) is 30.8 Å². The molecule has 2 aliphatic rings. The van der Waals surface area contributed by atoms with Crippen molar-refractivity contribution in [3.63, 3.8) is 0 Å². The van der Waals surface area contributed by atoms with Crippen LogP contribution in [0.3, 0.4) is 0 Å². The van der Waals surface area contributed by atoms with E-state index in [1.165, 1.54) is 0 Å². The molecule has 1 aromatic carbocycles. The molecule has 3 N–H and O–H groups in total. The van der Waals surface area contributed by atoms with E-state index < -0.39 is 16.9 Å². The van der Waals surface area contributed by atoms with E-state index in [1.54, 1.807) is 4.90 Å². The predicted molar refractivity (Wildman–Crippen MR) is 86.8 cm³/mol. The van der Waals surface area contributed by atoms with E-state index in [0.717, 1.165) is 18.4 Å². The molecule has 1 heterocycles. The molecule has 2 amide bonds. The number of hydrogen-bond donors (Lipinski definition) is 2. The summed E-state index contributed by atoms with van der Waals surface area (Å²) in [4.78, 5) is 26.0. The van der Waals surface area contributed by atoms with E-state index in [1.807, 2.05) is 24.3 Å². The second-order valence-electron chi connectivity index (χ2n) is 6.77. The molecular weight excluding hydrogens is 316 g/mol. The van der Waals surface area contributed by atoms with Crippen molar-refractivity contribution in [3.05, 3.63) is 34.9 Å². The van der Waals surface area contributed by atoms with Gasteiger partial charge in [-0.1, -0.05) is 29.8 Å². The number of carbonyl (C=O) groups excluding carboxylic acids is 2. The molecule has 1 unspecified atom stereocenters. The van der Waals surface area contributed by atoms with E-state index in [4.69, 9.17) is 17.3 Å². The molecule has 3 rings (SSSR count). The summed E-state index contributed by atoms with van der Waals surface area (Å²) in [5, 5.41) is 11.0. The summed E-state index contributed by atoms with van der Waals surface area (Å²) in [5.41, 5.74) is 4.20. The van der Waals surface area contributed by atoms with Crippen LogP contribution in [0.1, 0.15) is 31.2 Å². The number of halogens is 1. The maximum atomic E-state index is 12.9. The minimum Gasteiger partial charge on any atom is -0.378 e. The number of amides is 2. The second-order valence-corrected chi connectivity index (χ2v) is 7.18. The molecule has 23 heavy (non-hydrogen) atoms. The first-order valence-electron chi connectivity index (χ1n) is 7.91. The lowest BCUT2D eigenvalue weighted by Crippen LogP contribution is -2.58. The molecule has 1 aromatic rings. The predicted octanol–water partition coefficient (Wildman–Crippen LogP) is 1.50. The summed E-state index contributed by atoms with van der Waals surface area (Å²) in [6.07, 6.45) is 3.10. The van der Waals surface area contributed by atoms with Crippen molar-refractivity contribution >= 4 is 23.4 Å². The highest BCUT2D eigenvalue weighted by Gasteiger charge is 2.53. The zero-order chi connectivity index (χ0) is 16.7. The van der Waals surface area contributed by atoms with Crippen molar-refractivity contribution in [2.45, 2.75) is 37.7 Å². The van der Waals surface area contributed by atoms with Gasteiger partial charge in [-0.15, -0.1) is 0 Å². The molecule has 1 aliphatic heterocycles. The zero-order valence-corrected chi connectivity index (χ0v) is 13.7. The smallest absolute Gasteiger partial charge is 0.251 e. The lowest BCUT2D eigenvalue weighted by Gasteiger charge is -2.38. The van der Waals surface area contributed by atoms with Crippen molar-refractivity contribution in [2.75, 3.05) is 13.1 Å². The number of aliphatic hydroxyl groups is 1. The maximum absolute atomic E-state index is 12.9. The zero-order valence-electron chi connectivity index (χ0n) is 12.9. The number of hydrogen-bond acceptors (Lipinski definition) is 3. The Hall–Kier alpha value is -1.59. The fraction of sp³-hybridized carbons (Fsp3) is 0.529. The van der Waals surface area contributed by atoms with Gasteiger partial charge in [0.05, 0.1) is 12.0 Å². The lowest BCUT2D eigenvalue weighted by atomic mass is 9.89. The van der Waals surface area contributed by atoms with Gasteiger partial charge in [-0.05, 0) is 43.7 Å². The number of benzene rings is 1. The first kappa shape index (κ1) is 16.3. The van der Waals surface area contributed by atoms with Crippen LogP contribution in [0.4, 0.5) is 0 Å². The van der Waals surface area contributed by atoms with Gasteiger partial charge >= 0.3 is 0 Å². The summed E-state index contributed by atoms with van der Waals surface area (Å²) < 4.78 is 0. The van der Waals surface area contributed by atoms with Crippen molar-refractivity contribution < 1.29 is 14.7 Å². The number of β-amino-alcohol motifs (C(OH)–C–C–N with tert-alkyl or cyclic N) is 1. The number of primary amides is 1. The molecule has 6 heteroatoms. The van der Waals surface area contributed by atoms with Gasteiger partial charge in [0.1, 0.15) is 0 Å². The van der Waals surface area contributed by atoms with Gasteiger partial charge in [0.15, 0.2) is 5.60 Å². The van der Waals surface area contributed by atoms with E-state index in [-0.39, 0.29) is 12.5 Å². The first-order chi connectivity index (χ1) is 10.9. The van der Waals surface area contributed by atoms with Crippen LogP contribution < -0.4 is 5.73 Å². The molecule has 1 saturated carbocycles. The number of carbonyl (C=O) groups is 2. The Kier molecular flexibility index (Phi) is 4.10. The van der Waals surface area contributed by atoms with Crippen LogP contribution in [0.15, 0.2) is 24.3 Å². The number of rotatable bonds is 4. The highest BCUT2D eigenvalue weighted by molar-refractivity contribution is 6.31. The minimum absolute atomic E-state index is 0.00297. The highest BCUT2D eigenvalue weighted by atomic mass is 35.5. The van der Waals surface area contributed by atoms with Crippen LogP contribution in [-0.4, -0.2) is 40.5 Å². The molecule has 1 aliphatic carbocycles. The molecule has 0 bridgehead atoms. The van der Waals surface area contributed by atoms with Gasteiger partial charge in [0, 0.05) is 11.6 Å². The van der Waals surface area contributed by atoms with Gasteiger partial charge < -0.3 is 15.7 Å². The maximum Gasteiger partial charge on any atom is 0.251 e. The third-order valence-electron chi connectivity index (χ3n) is 5.01. The number of likely N-dealkylation sites (tertiary alicyclic amines) is 1. The molecule has 0 spiro atoms. The monoisotopic (exact) mass is 336 g/mol. The third-order valence-corrected chi connectivity index (χ3v) is 5.38. The number of piperidine rings is 1. The summed E-state index contributed by atoms with van der Waals surface area (Å²) >= 11 is 6.21. The van der Waals surface area contributed by atoms with Gasteiger partial charge in [0.25, 0.3) is 5.91 Å². The number of nitrogens with zero attached hydrogens (tertiary/aromatic N) is 1. The molecule has 1 saturated heterocycles. The number of nitrogens with two attached hydrogens (primary N) is 1. The fourth-order valence-electron chi connectivity index (χ4n) is 3.37. The Morgan fingerprint density at radius 1 is 1.26 bits per heavy atom. The largest absolute Gasteiger partial charge is 0.378 e. The van der Waals surface area contributed by atoms with Crippen molar-refractivity contribution in [3.8, 4) is 0 Å². The van der Waals surface area contributed by atoms with E-state index >= 15 is 0 Å². The van der Waals surface area contributed by atoms with Gasteiger partial charge in [-0.3, -0.25) is 9.59 Å². The normalized spacial score (nSPS) is 25.9. The Morgan fingerprint density at radius 2 is 1.96 bits per heavy atom. The van der Waals surface area contributed by atoms with E-state index in [2.05, 4.69) is 0 Å². The molecule has 124 valence electrons. The molecule has 2 fully saturated rings. The Bertz CT molecular complexity index is 644. The summed E-state index contributed by atoms with van der Waals surface area (Å²) in [7, 11) is 0. The highest BCUT2D eigenvalue weighted by Crippen LogP contribution is 2.51. The van der Waals surface area contributed by atoms with Crippen LogP contribution >= 0.6 is 11.6 Å². The van der Waals surface area contributed by atoms with Crippen LogP contribution in [0.5, 0.6) is 0 Å². The van der Waals surface area contributed by atoms with Crippen LogP contribution in [0.2, 0.25) is 5.02 Å². The summed E-state index contributed by atoms with van der Waals surface area (Å²) in [6, 6.07) is 7.54. The van der Waals surface area contributed by atoms with Gasteiger partial charge in [-0.25, -0.2) is 0 Å². The Balaban J connectivity index is 1.75. The standard InChI is InChI=1S/C17H21ClN2O3/c18-13-5-2-1-4-12(13)10-16(7-8-16)15(22)20-9-3-6-17(23,11-20)14(19)21/h1-2,4-5,23H,3,6-11H2,(H2,19,21). The Labute approximate surface area is 140 Å². The van der Waals surface area contributed by atoms with Crippen LogP contribution in [0.25, 0.3) is 0 Å².